The molecular formula is C9H12O. The molecule has 1 aliphatic heterocycles. The fourth-order valence-electron chi connectivity index (χ4n) is 0.815. The average Bonchev–Trinajstić information content (AvgIpc) is 2.41. The lowest BCUT2D eigenvalue weighted by Gasteiger charge is -1.93. The van der Waals surface area contributed by atoms with Gasteiger partial charge in [0.25, 0.3) is 0 Å². The molecule has 0 atom stereocenters. The lowest BCUT2D eigenvalue weighted by molar-refractivity contribution is 0.257. The van der Waals surface area contributed by atoms with Gasteiger partial charge in [0.2, 0.25) is 0 Å². The minimum Gasteiger partial charge on any atom is -0.494 e. The zero-order chi connectivity index (χ0) is 7.23. The van der Waals surface area contributed by atoms with E-state index in [1.54, 1.807) is 0 Å². The molecule has 0 radical (unpaired) electrons. The van der Waals surface area contributed by atoms with Crippen molar-refractivity contribution < 1.29 is 4.74 Å². The molecule has 1 rings (SSSR count). The SMILES string of the molecule is C/C=C\C=C/C1=CCCO1. The summed E-state index contributed by atoms with van der Waals surface area (Å²) in [6.45, 7) is 2.84. The first-order valence-corrected chi connectivity index (χ1v) is 3.56. The maximum Gasteiger partial charge on any atom is 0.115 e. The van der Waals surface area contributed by atoms with Crippen LogP contribution in [0.25, 0.3) is 0 Å². The second-order valence-electron chi connectivity index (χ2n) is 2.13. The van der Waals surface area contributed by atoms with Crippen molar-refractivity contribution in [1.29, 1.82) is 0 Å². The van der Waals surface area contributed by atoms with Crippen molar-refractivity contribution in [2.24, 2.45) is 0 Å². The van der Waals surface area contributed by atoms with Gasteiger partial charge < -0.3 is 4.74 Å². The molecule has 0 spiro atoms. The lowest BCUT2D eigenvalue weighted by Crippen LogP contribution is -1.78. The van der Waals surface area contributed by atoms with E-state index in [0.717, 1.165) is 18.8 Å². The monoisotopic (exact) mass is 136 g/mol. The molecule has 1 heteroatoms. The third kappa shape index (κ3) is 2.09. The van der Waals surface area contributed by atoms with E-state index in [2.05, 4.69) is 6.08 Å². The first kappa shape index (κ1) is 7.13. The van der Waals surface area contributed by atoms with Crippen LogP contribution in [0.4, 0.5) is 0 Å². The highest BCUT2D eigenvalue weighted by atomic mass is 16.5. The quantitative estimate of drug-likeness (QED) is 0.530. The molecule has 0 aromatic heterocycles. The molecule has 0 aliphatic carbocycles. The van der Waals surface area contributed by atoms with E-state index >= 15 is 0 Å². The molecular weight excluding hydrogens is 124 g/mol. The van der Waals surface area contributed by atoms with Crippen LogP contribution in [0.1, 0.15) is 13.3 Å². The third-order valence-corrected chi connectivity index (χ3v) is 1.30. The number of rotatable bonds is 2. The molecule has 0 amide bonds. The topological polar surface area (TPSA) is 9.23 Å². The third-order valence-electron chi connectivity index (χ3n) is 1.30. The van der Waals surface area contributed by atoms with Gasteiger partial charge in [-0.25, -0.2) is 0 Å². The van der Waals surface area contributed by atoms with E-state index in [9.17, 15) is 0 Å². The molecule has 1 heterocycles. The van der Waals surface area contributed by atoms with Crippen LogP contribution in [-0.2, 0) is 4.74 Å². The minimum atomic E-state index is 0.843. The van der Waals surface area contributed by atoms with Crippen molar-refractivity contribution >= 4 is 0 Å². The second-order valence-corrected chi connectivity index (χ2v) is 2.13. The van der Waals surface area contributed by atoms with Gasteiger partial charge in [-0.05, 0) is 19.1 Å². The lowest BCUT2D eigenvalue weighted by atomic mass is 10.3. The predicted octanol–water partition coefficient (Wildman–Crippen LogP) is 2.42. The Morgan fingerprint density at radius 3 is 3.00 bits per heavy atom. The molecule has 0 saturated heterocycles. The van der Waals surface area contributed by atoms with Gasteiger partial charge in [-0.15, -0.1) is 0 Å². The van der Waals surface area contributed by atoms with Gasteiger partial charge in [0.05, 0.1) is 6.61 Å². The number of hydrogen-bond acceptors (Lipinski definition) is 1. The van der Waals surface area contributed by atoms with E-state index in [1.165, 1.54) is 0 Å². The van der Waals surface area contributed by atoms with Crippen molar-refractivity contribution in [1.82, 2.24) is 0 Å². The minimum absolute atomic E-state index is 0.843. The normalized spacial score (nSPS) is 18.3. The van der Waals surface area contributed by atoms with Crippen LogP contribution in [-0.4, -0.2) is 6.61 Å². The van der Waals surface area contributed by atoms with Crippen LogP contribution in [0.15, 0.2) is 36.1 Å². The summed E-state index contributed by atoms with van der Waals surface area (Å²) in [5.41, 5.74) is 0. The largest absolute Gasteiger partial charge is 0.494 e. The van der Waals surface area contributed by atoms with Gasteiger partial charge in [-0.1, -0.05) is 18.2 Å². The first-order chi connectivity index (χ1) is 4.93. The van der Waals surface area contributed by atoms with Gasteiger partial charge in [-0.2, -0.15) is 0 Å². The van der Waals surface area contributed by atoms with E-state index in [4.69, 9.17) is 4.74 Å². The predicted molar refractivity (Wildman–Crippen MR) is 42.6 cm³/mol. The van der Waals surface area contributed by atoms with Gasteiger partial charge in [-0.3, -0.25) is 0 Å². The summed E-state index contributed by atoms with van der Waals surface area (Å²) in [6, 6.07) is 0. The summed E-state index contributed by atoms with van der Waals surface area (Å²) in [6.07, 6.45) is 11.1. The highest BCUT2D eigenvalue weighted by Crippen LogP contribution is 2.09. The number of ether oxygens (including phenoxy) is 1. The Bertz CT molecular complexity index is 175. The van der Waals surface area contributed by atoms with Crippen LogP contribution in [0.3, 0.4) is 0 Å². The molecule has 1 aliphatic rings. The molecule has 0 aromatic rings. The van der Waals surface area contributed by atoms with E-state index < -0.39 is 0 Å². The Balaban J connectivity index is 2.36. The second kappa shape index (κ2) is 3.94. The van der Waals surface area contributed by atoms with E-state index in [0.29, 0.717) is 0 Å². The summed E-state index contributed by atoms with van der Waals surface area (Å²) in [4.78, 5) is 0. The zero-order valence-electron chi connectivity index (χ0n) is 6.21. The van der Waals surface area contributed by atoms with Crippen LogP contribution in [0.2, 0.25) is 0 Å². The van der Waals surface area contributed by atoms with Crippen LogP contribution in [0, 0.1) is 0 Å². The fourth-order valence-corrected chi connectivity index (χ4v) is 0.815. The van der Waals surface area contributed by atoms with Gasteiger partial charge in [0.1, 0.15) is 5.76 Å². The highest BCUT2D eigenvalue weighted by Gasteiger charge is 1.98. The van der Waals surface area contributed by atoms with Crippen molar-refractivity contribution in [3.63, 3.8) is 0 Å². The molecule has 54 valence electrons. The summed E-state index contributed by atoms with van der Waals surface area (Å²) >= 11 is 0. The maximum atomic E-state index is 5.24. The molecule has 0 unspecified atom stereocenters. The Morgan fingerprint density at radius 2 is 2.40 bits per heavy atom. The number of allylic oxidation sites excluding steroid dienone is 4. The summed E-state index contributed by atoms with van der Waals surface area (Å²) in [5, 5.41) is 0. The van der Waals surface area contributed by atoms with Crippen LogP contribution >= 0.6 is 0 Å². The zero-order valence-corrected chi connectivity index (χ0v) is 6.21. The Morgan fingerprint density at radius 1 is 1.50 bits per heavy atom. The van der Waals surface area contributed by atoms with E-state index in [-0.39, 0.29) is 0 Å². The average molecular weight is 136 g/mol. The Hall–Kier alpha value is -0.980. The molecule has 0 bridgehead atoms. The molecule has 1 nitrogen and oxygen atoms in total. The molecule has 0 N–H and O–H groups in total. The smallest absolute Gasteiger partial charge is 0.115 e. The van der Waals surface area contributed by atoms with Crippen molar-refractivity contribution in [3.8, 4) is 0 Å². The van der Waals surface area contributed by atoms with Gasteiger partial charge in [0.15, 0.2) is 0 Å². The summed E-state index contributed by atoms with van der Waals surface area (Å²) < 4.78 is 5.24. The molecule has 10 heavy (non-hydrogen) atoms. The van der Waals surface area contributed by atoms with E-state index in [1.807, 2.05) is 31.2 Å². The maximum absolute atomic E-state index is 5.24. The van der Waals surface area contributed by atoms with Crippen LogP contribution < -0.4 is 0 Å². The van der Waals surface area contributed by atoms with Gasteiger partial charge >= 0.3 is 0 Å². The fraction of sp³-hybridized carbons (Fsp3) is 0.333. The highest BCUT2D eigenvalue weighted by molar-refractivity contribution is 5.18. The molecule has 0 aromatic carbocycles. The molecule has 0 saturated carbocycles. The Kier molecular flexibility index (Phi) is 2.81. The standard InChI is InChI=1S/C9H12O/c1-2-3-4-6-9-7-5-8-10-9/h2-4,6-7H,5,8H2,1H3/b3-2-,6-4-. The van der Waals surface area contributed by atoms with Crippen molar-refractivity contribution in [2.75, 3.05) is 6.61 Å². The Labute approximate surface area is 61.7 Å². The van der Waals surface area contributed by atoms with Crippen LogP contribution in [0.5, 0.6) is 0 Å². The first-order valence-electron chi connectivity index (χ1n) is 3.56. The van der Waals surface area contributed by atoms with Gasteiger partial charge in [0, 0.05) is 6.42 Å². The summed E-state index contributed by atoms with van der Waals surface area (Å²) in [7, 11) is 0. The molecule has 0 fully saturated rings. The number of hydrogen-bond donors (Lipinski definition) is 0. The van der Waals surface area contributed by atoms with Crippen molar-refractivity contribution in [3.05, 3.63) is 36.1 Å². The van der Waals surface area contributed by atoms with Crippen molar-refractivity contribution in [2.45, 2.75) is 13.3 Å². The summed E-state index contributed by atoms with van der Waals surface area (Å²) in [5.74, 6) is 0.998.